The molecule has 2 saturated carbocycles. The molecule has 2 aliphatic carbocycles. The molecule has 0 atom stereocenters. The Kier molecular flexibility index (Phi) is 4.20. The Morgan fingerprint density at radius 2 is 1.64 bits per heavy atom. The van der Waals surface area contributed by atoms with Crippen LogP contribution in [0.1, 0.15) is 56.9 Å². The molecule has 0 aromatic heterocycles. The van der Waals surface area contributed by atoms with E-state index in [1.54, 1.807) is 0 Å². The molecule has 0 unspecified atom stereocenters. The predicted molar refractivity (Wildman–Crippen MR) is 86.1 cm³/mol. The van der Waals surface area contributed by atoms with Gasteiger partial charge in [0.25, 0.3) is 0 Å². The summed E-state index contributed by atoms with van der Waals surface area (Å²) in [4.78, 5) is 12.6. The molecule has 22 heavy (non-hydrogen) atoms. The van der Waals surface area contributed by atoms with Crippen LogP contribution >= 0.6 is 0 Å². The predicted octanol–water partition coefficient (Wildman–Crippen LogP) is 3.70. The van der Waals surface area contributed by atoms with Gasteiger partial charge in [-0.2, -0.15) is 5.26 Å². The van der Waals surface area contributed by atoms with E-state index in [-0.39, 0.29) is 11.3 Å². The first-order valence-electron chi connectivity index (χ1n) is 8.46. The van der Waals surface area contributed by atoms with Crippen LogP contribution in [0.25, 0.3) is 0 Å². The molecule has 0 radical (unpaired) electrons. The normalized spacial score (nSPS) is 22.1. The average Bonchev–Trinajstić information content (AvgIpc) is 3.24. The number of nitriles is 1. The van der Waals surface area contributed by atoms with Crippen molar-refractivity contribution in [2.24, 2.45) is 5.41 Å². The second-order valence-electron chi connectivity index (χ2n) is 6.94. The molecule has 3 heteroatoms. The lowest BCUT2D eigenvalue weighted by Crippen LogP contribution is -2.45. The highest BCUT2D eigenvalue weighted by molar-refractivity contribution is 5.85. The van der Waals surface area contributed by atoms with Gasteiger partial charge in [-0.25, -0.2) is 0 Å². The van der Waals surface area contributed by atoms with Crippen molar-refractivity contribution in [2.75, 3.05) is 6.54 Å². The lowest BCUT2D eigenvalue weighted by molar-refractivity contribution is -0.128. The largest absolute Gasteiger partial charge is 0.354 e. The van der Waals surface area contributed by atoms with E-state index in [0.29, 0.717) is 19.4 Å². The molecule has 3 nitrogen and oxygen atoms in total. The maximum absolute atomic E-state index is 12.6. The highest BCUT2D eigenvalue weighted by atomic mass is 16.2. The first kappa shape index (κ1) is 15.1. The number of amides is 1. The number of hydrogen-bond donors (Lipinski definition) is 1. The summed E-state index contributed by atoms with van der Waals surface area (Å²) in [5.74, 6) is -0.0466. The highest BCUT2D eigenvalue weighted by Crippen LogP contribution is 2.42. The van der Waals surface area contributed by atoms with Gasteiger partial charge >= 0.3 is 0 Å². The molecular formula is C19H24N2O. The SMILES string of the molecule is N#CC1(C(=O)NCC2(c3ccccc3)CCCC2)CCCC1. The standard InChI is InChI=1S/C19H24N2O/c20-14-18(10-4-5-11-18)17(22)21-15-19(12-6-7-13-19)16-8-2-1-3-9-16/h1-3,8-9H,4-7,10-13,15H2,(H,21,22). The Balaban J connectivity index is 1.73. The van der Waals surface area contributed by atoms with E-state index in [2.05, 4.69) is 35.7 Å². The zero-order valence-electron chi connectivity index (χ0n) is 13.1. The molecule has 2 aliphatic rings. The summed E-state index contributed by atoms with van der Waals surface area (Å²) >= 11 is 0. The first-order valence-corrected chi connectivity index (χ1v) is 8.46. The molecular weight excluding hydrogens is 272 g/mol. The van der Waals surface area contributed by atoms with Crippen molar-refractivity contribution < 1.29 is 4.79 Å². The molecule has 1 aromatic carbocycles. The van der Waals surface area contributed by atoms with Crippen LogP contribution in [0.15, 0.2) is 30.3 Å². The number of carbonyl (C=O) groups excluding carboxylic acids is 1. The number of nitrogens with one attached hydrogen (secondary N) is 1. The van der Waals surface area contributed by atoms with E-state index in [1.165, 1.54) is 18.4 Å². The summed E-state index contributed by atoms with van der Waals surface area (Å²) in [7, 11) is 0. The average molecular weight is 296 g/mol. The van der Waals surface area contributed by atoms with Crippen molar-refractivity contribution in [3.05, 3.63) is 35.9 Å². The van der Waals surface area contributed by atoms with Gasteiger partial charge in [0.2, 0.25) is 5.91 Å². The van der Waals surface area contributed by atoms with Gasteiger partial charge in [-0.15, -0.1) is 0 Å². The fraction of sp³-hybridized carbons (Fsp3) is 0.579. The minimum atomic E-state index is -0.767. The van der Waals surface area contributed by atoms with Crippen LogP contribution in [0.4, 0.5) is 0 Å². The minimum absolute atomic E-state index is 0.0466. The fourth-order valence-electron chi connectivity index (χ4n) is 4.20. The Hall–Kier alpha value is -1.82. The van der Waals surface area contributed by atoms with Gasteiger partial charge in [-0.3, -0.25) is 4.79 Å². The molecule has 3 rings (SSSR count). The monoisotopic (exact) mass is 296 g/mol. The molecule has 116 valence electrons. The van der Waals surface area contributed by atoms with Crippen LogP contribution < -0.4 is 5.32 Å². The molecule has 0 aliphatic heterocycles. The van der Waals surface area contributed by atoms with E-state index in [0.717, 1.165) is 25.7 Å². The van der Waals surface area contributed by atoms with Gasteiger partial charge in [0.15, 0.2) is 0 Å². The van der Waals surface area contributed by atoms with Gasteiger partial charge in [0, 0.05) is 12.0 Å². The Bertz CT molecular complexity index is 561. The van der Waals surface area contributed by atoms with E-state index in [1.807, 2.05) is 6.07 Å². The maximum Gasteiger partial charge on any atom is 0.240 e. The van der Waals surface area contributed by atoms with Crippen molar-refractivity contribution >= 4 is 5.91 Å². The summed E-state index contributed by atoms with van der Waals surface area (Å²) < 4.78 is 0. The lowest BCUT2D eigenvalue weighted by Gasteiger charge is -2.31. The van der Waals surface area contributed by atoms with Crippen LogP contribution in [-0.2, 0) is 10.2 Å². The molecule has 2 fully saturated rings. The Morgan fingerprint density at radius 1 is 1.05 bits per heavy atom. The third-order valence-corrected chi connectivity index (χ3v) is 5.64. The number of rotatable bonds is 4. The number of nitrogens with zero attached hydrogens (tertiary/aromatic N) is 1. The second-order valence-corrected chi connectivity index (χ2v) is 6.94. The molecule has 0 heterocycles. The number of carbonyl (C=O) groups is 1. The highest BCUT2D eigenvalue weighted by Gasteiger charge is 2.43. The van der Waals surface area contributed by atoms with E-state index < -0.39 is 5.41 Å². The van der Waals surface area contributed by atoms with Gasteiger partial charge in [0.1, 0.15) is 5.41 Å². The van der Waals surface area contributed by atoms with Gasteiger partial charge < -0.3 is 5.32 Å². The van der Waals surface area contributed by atoms with Crippen LogP contribution in [0, 0.1) is 16.7 Å². The number of benzene rings is 1. The Labute approximate surface area is 132 Å². The van der Waals surface area contributed by atoms with Crippen LogP contribution in [0.2, 0.25) is 0 Å². The van der Waals surface area contributed by atoms with Crippen molar-refractivity contribution in [3.63, 3.8) is 0 Å². The van der Waals surface area contributed by atoms with Crippen LogP contribution in [0.5, 0.6) is 0 Å². The smallest absolute Gasteiger partial charge is 0.240 e. The van der Waals surface area contributed by atoms with Gasteiger partial charge in [0.05, 0.1) is 6.07 Å². The van der Waals surface area contributed by atoms with Crippen LogP contribution in [-0.4, -0.2) is 12.5 Å². The van der Waals surface area contributed by atoms with E-state index in [4.69, 9.17) is 0 Å². The topological polar surface area (TPSA) is 52.9 Å². The van der Waals surface area contributed by atoms with Crippen LogP contribution in [0.3, 0.4) is 0 Å². The molecule has 0 spiro atoms. The van der Waals surface area contributed by atoms with Crippen molar-refractivity contribution in [3.8, 4) is 6.07 Å². The third kappa shape index (κ3) is 2.63. The molecule has 1 N–H and O–H groups in total. The summed E-state index contributed by atoms with van der Waals surface area (Å²) in [5.41, 5.74) is 0.619. The lowest BCUT2D eigenvalue weighted by atomic mass is 9.78. The van der Waals surface area contributed by atoms with Crippen molar-refractivity contribution in [2.45, 2.75) is 56.8 Å². The number of hydrogen-bond acceptors (Lipinski definition) is 2. The summed E-state index contributed by atoms with van der Waals surface area (Å²) in [6, 6.07) is 12.8. The molecule has 0 saturated heterocycles. The first-order chi connectivity index (χ1) is 10.7. The summed E-state index contributed by atoms with van der Waals surface area (Å²) in [6.45, 7) is 0.666. The zero-order valence-corrected chi connectivity index (χ0v) is 13.1. The molecule has 1 amide bonds. The minimum Gasteiger partial charge on any atom is -0.354 e. The quantitative estimate of drug-likeness (QED) is 0.921. The summed E-state index contributed by atoms with van der Waals surface area (Å²) in [6.07, 6.45) is 8.09. The van der Waals surface area contributed by atoms with Gasteiger partial charge in [-0.05, 0) is 31.2 Å². The fourth-order valence-corrected chi connectivity index (χ4v) is 4.20. The second kappa shape index (κ2) is 6.12. The van der Waals surface area contributed by atoms with Gasteiger partial charge in [-0.1, -0.05) is 56.0 Å². The third-order valence-electron chi connectivity index (χ3n) is 5.64. The maximum atomic E-state index is 12.6. The van der Waals surface area contributed by atoms with Crippen molar-refractivity contribution in [1.29, 1.82) is 5.26 Å². The van der Waals surface area contributed by atoms with E-state index in [9.17, 15) is 10.1 Å². The molecule has 1 aromatic rings. The molecule has 0 bridgehead atoms. The Morgan fingerprint density at radius 3 is 2.23 bits per heavy atom. The van der Waals surface area contributed by atoms with Crippen molar-refractivity contribution in [1.82, 2.24) is 5.32 Å². The summed E-state index contributed by atoms with van der Waals surface area (Å²) in [5, 5.41) is 12.6. The zero-order chi connectivity index (χ0) is 15.5. The van der Waals surface area contributed by atoms with E-state index >= 15 is 0 Å².